The summed E-state index contributed by atoms with van der Waals surface area (Å²) in [5, 5.41) is 11.8. The van der Waals surface area contributed by atoms with E-state index in [0.717, 1.165) is 28.8 Å². The zero-order valence-corrected chi connectivity index (χ0v) is 16.2. The van der Waals surface area contributed by atoms with Gasteiger partial charge in [-0.05, 0) is 63.7 Å². The van der Waals surface area contributed by atoms with Gasteiger partial charge in [-0.1, -0.05) is 19.1 Å². The normalized spacial score (nSPS) is 32.5. The van der Waals surface area contributed by atoms with Crippen LogP contribution in [-0.2, 0) is 15.2 Å². The van der Waals surface area contributed by atoms with Crippen LogP contribution in [0.15, 0.2) is 18.2 Å². The van der Waals surface area contributed by atoms with E-state index in [-0.39, 0.29) is 11.7 Å². The topological polar surface area (TPSA) is 57.6 Å². The smallest absolute Gasteiger partial charge is 0.265 e. The lowest BCUT2D eigenvalue weighted by Crippen LogP contribution is -2.55. The van der Waals surface area contributed by atoms with Gasteiger partial charge in [-0.2, -0.15) is 0 Å². The molecule has 1 aromatic rings. The monoisotopic (exact) mass is 353 g/mol. The lowest BCUT2D eigenvalue weighted by Gasteiger charge is -2.40. The number of hydrogen-bond acceptors (Lipinski definition) is 3. The van der Waals surface area contributed by atoms with Crippen molar-refractivity contribution in [3.63, 3.8) is 0 Å². The van der Waals surface area contributed by atoms with Crippen LogP contribution in [0.5, 0.6) is 0 Å². The fraction of sp³-hybridized carbons (Fsp3) is 0.545. The molecule has 1 aromatic carbocycles. The number of anilines is 1. The number of aryl methyl sites for hydroxylation is 1. The van der Waals surface area contributed by atoms with E-state index < -0.39 is 17.1 Å². The Labute approximate surface area is 154 Å². The van der Waals surface area contributed by atoms with Crippen molar-refractivity contribution >= 4 is 23.0 Å². The number of carbonyl (C=O) groups excluding carboxylic acids is 2. The average Bonchev–Trinajstić information content (AvgIpc) is 2.75. The van der Waals surface area contributed by atoms with E-state index in [0.29, 0.717) is 24.3 Å². The van der Waals surface area contributed by atoms with Crippen molar-refractivity contribution in [2.75, 3.05) is 4.90 Å². The molecule has 138 valence electrons. The molecule has 4 heteroatoms. The predicted octanol–water partition coefficient (Wildman–Crippen LogP) is 3.73. The van der Waals surface area contributed by atoms with Gasteiger partial charge in [0.25, 0.3) is 5.91 Å². The van der Waals surface area contributed by atoms with Crippen LogP contribution < -0.4 is 4.90 Å². The van der Waals surface area contributed by atoms with Crippen LogP contribution in [0.3, 0.4) is 0 Å². The zero-order valence-electron chi connectivity index (χ0n) is 16.2. The van der Waals surface area contributed by atoms with Gasteiger partial charge in [-0.15, -0.1) is 0 Å². The molecule has 0 bridgehead atoms. The Kier molecular flexibility index (Phi) is 3.55. The second kappa shape index (κ2) is 5.29. The SMILES string of the molecule is CC1=CC(C)(C)N2C(=O)C(O)(C3CCC(C)CC3=O)c3cc(C)cc1c32. The van der Waals surface area contributed by atoms with Crippen molar-refractivity contribution in [1.29, 1.82) is 0 Å². The summed E-state index contributed by atoms with van der Waals surface area (Å²) in [5.41, 5.74) is 2.21. The van der Waals surface area contributed by atoms with Crippen molar-refractivity contribution in [3.05, 3.63) is 34.9 Å². The standard InChI is InChI=1S/C22H27NO3/c1-12-6-7-16(18(24)10-12)22(26)17-9-13(2)8-15-14(3)11-21(4,5)23(19(15)17)20(22)25/h8-9,11-12,16,26H,6-7,10H2,1-5H3. The fourth-order valence-electron chi connectivity index (χ4n) is 5.20. The first-order valence-corrected chi connectivity index (χ1v) is 9.52. The number of rotatable bonds is 1. The van der Waals surface area contributed by atoms with Crippen LogP contribution in [0.2, 0.25) is 0 Å². The molecule has 4 nitrogen and oxygen atoms in total. The zero-order chi connectivity index (χ0) is 19.0. The maximum Gasteiger partial charge on any atom is 0.265 e. The Bertz CT molecular complexity index is 866. The van der Waals surface area contributed by atoms with Crippen molar-refractivity contribution < 1.29 is 14.7 Å². The molecule has 0 saturated heterocycles. The van der Waals surface area contributed by atoms with Crippen molar-refractivity contribution in [3.8, 4) is 0 Å². The van der Waals surface area contributed by atoms with Crippen LogP contribution in [0.25, 0.3) is 5.57 Å². The van der Waals surface area contributed by atoms with Crippen molar-refractivity contribution in [2.24, 2.45) is 11.8 Å². The number of carbonyl (C=O) groups is 2. The fourth-order valence-corrected chi connectivity index (χ4v) is 5.20. The Balaban J connectivity index is 1.96. The highest BCUT2D eigenvalue weighted by atomic mass is 16.3. The van der Waals surface area contributed by atoms with Gasteiger partial charge >= 0.3 is 0 Å². The number of allylic oxidation sites excluding steroid dienone is 1. The van der Waals surface area contributed by atoms with Gasteiger partial charge in [-0.25, -0.2) is 0 Å². The average molecular weight is 353 g/mol. The molecular formula is C22H27NO3. The van der Waals surface area contributed by atoms with Gasteiger partial charge in [0.2, 0.25) is 0 Å². The highest BCUT2D eigenvalue weighted by molar-refractivity contribution is 6.14. The molecule has 1 amide bonds. The van der Waals surface area contributed by atoms with Crippen LogP contribution >= 0.6 is 0 Å². The summed E-state index contributed by atoms with van der Waals surface area (Å²) < 4.78 is 0. The molecule has 1 aliphatic carbocycles. The summed E-state index contributed by atoms with van der Waals surface area (Å²) in [7, 11) is 0. The third kappa shape index (κ3) is 2.11. The Morgan fingerprint density at radius 3 is 2.50 bits per heavy atom. The van der Waals surface area contributed by atoms with Crippen molar-refractivity contribution in [2.45, 2.75) is 65.0 Å². The molecular weight excluding hydrogens is 326 g/mol. The van der Waals surface area contributed by atoms with Gasteiger partial charge in [0.05, 0.1) is 17.1 Å². The summed E-state index contributed by atoms with van der Waals surface area (Å²) in [6.07, 6.45) is 3.94. The van der Waals surface area contributed by atoms with Crippen LogP contribution in [-0.4, -0.2) is 22.3 Å². The summed E-state index contributed by atoms with van der Waals surface area (Å²) >= 11 is 0. The Hall–Kier alpha value is -1.94. The molecule has 26 heavy (non-hydrogen) atoms. The molecule has 0 aromatic heterocycles. The van der Waals surface area contributed by atoms with Crippen LogP contribution in [0, 0.1) is 18.8 Å². The molecule has 3 aliphatic rings. The minimum Gasteiger partial charge on any atom is -0.375 e. The van der Waals surface area contributed by atoms with Gasteiger partial charge in [0.15, 0.2) is 5.60 Å². The first-order chi connectivity index (χ1) is 12.1. The highest BCUT2D eigenvalue weighted by Crippen LogP contribution is 2.55. The first kappa shape index (κ1) is 17.5. The summed E-state index contributed by atoms with van der Waals surface area (Å²) in [6, 6.07) is 3.97. The van der Waals surface area contributed by atoms with Crippen LogP contribution in [0.4, 0.5) is 5.69 Å². The van der Waals surface area contributed by atoms with E-state index in [9.17, 15) is 14.7 Å². The number of nitrogens with zero attached hydrogens (tertiary/aromatic N) is 1. The number of benzene rings is 1. The molecule has 3 unspecified atom stereocenters. The molecule has 3 atom stereocenters. The van der Waals surface area contributed by atoms with E-state index >= 15 is 0 Å². The third-order valence-corrected chi connectivity index (χ3v) is 6.38. The van der Waals surface area contributed by atoms with Gasteiger partial charge in [-0.3, -0.25) is 14.5 Å². The van der Waals surface area contributed by atoms with Crippen LogP contribution in [0.1, 0.15) is 63.6 Å². The predicted molar refractivity (Wildman–Crippen MR) is 102 cm³/mol. The molecule has 2 aliphatic heterocycles. The maximum atomic E-state index is 13.6. The number of amides is 1. The molecule has 2 heterocycles. The third-order valence-electron chi connectivity index (χ3n) is 6.38. The molecule has 1 fully saturated rings. The quantitative estimate of drug-likeness (QED) is 0.837. The van der Waals surface area contributed by atoms with Gasteiger partial charge in [0, 0.05) is 17.5 Å². The van der Waals surface area contributed by atoms with E-state index in [1.165, 1.54) is 0 Å². The van der Waals surface area contributed by atoms with Gasteiger partial charge < -0.3 is 5.11 Å². The molecule has 0 radical (unpaired) electrons. The number of aliphatic hydroxyl groups is 1. The first-order valence-electron chi connectivity index (χ1n) is 9.52. The second-order valence-corrected chi connectivity index (χ2v) is 9.00. The second-order valence-electron chi connectivity index (χ2n) is 9.00. The van der Waals surface area contributed by atoms with E-state index in [1.807, 2.05) is 33.8 Å². The number of Topliss-reactive ketones (excluding diaryl/α,β-unsaturated/α-hetero) is 1. The summed E-state index contributed by atoms with van der Waals surface area (Å²) in [5.74, 6) is -0.671. The minimum atomic E-state index is -1.75. The van der Waals surface area contributed by atoms with E-state index in [1.54, 1.807) is 4.90 Å². The lowest BCUT2D eigenvalue weighted by molar-refractivity contribution is -0.153. The summed E-state index contributed by atoms with van der Waals surface area (Å²) in [4.78, 5) is 28.1. The van der Waals surface area contributed by atoms with E-state index in [2.05, 4.69) is 19.1 Å². The molecule has 4 rings (SSSR count). The molecule has 1 saturated carbocycles. The number of ketones is 1. The Morgan fingerprint density at radius 2 is 1.85 bits per heavy atom. The minimum absolute atomic E-state index is 0.0113. The number of hydrogen-bond donors (Lipinski definition) is 1. The van der Waals surface area contributed by atoms with E-state index in [4.69, 9.17) is 0 Å². The van der Waals surface area contributed by atoms with Gasteiger partial charge in [0.1, 0.15) is 5.78 Å². The lowest BCUT2D eigenvalue weighted by atomic mass is 9.70. The maximum absolute atomic E-state index is 13.6. The Morgan fingerprint density at radius 1 is 1.15 bits per heavy atom. The van der Waals surface area contributed by atoms with Crippen molar-refractivity contribution in [1.82, 2.24) is 0 Å². The molecule has 0 spiro atoms. The summed E-state index contributed by atoms with van der Waals surface area (Å²) in [6.45, 7) is 10.0. The largest absolute Gasteiger partial charge is 0.375 e. The highest BCUT2D eigenvalue weighted by Gasteiger charge is 2.60. The molecule has 1 N–H and O–H groups in total.